The Hall–Kier alpha value is -6.19. The van der Waals surface area contributed by atoms with Gasteiger partial charge in [0, 0.05) is 28.2 Å². The number of para-hydroxylation sites is 4. The first-order valence-corrected chi connectivity index (χ1v) is 13.8. The van der Waals surface area contributed by atoms with Crippen LogP contribution in [0, 0.1) is 6.57 Å². The minimum Gasteiger partial charge on any atom is -0.456 e. The maximum Gasteiger partial charge on any atom is 0.307 e. The third-order valence-corrected chi connectivity index (χ3v) is 7.31. The monoisotopic (exact) mass is 556 g/mol. The molecule has 0 radical (unpaired) electrons. The van der Waals surface area contributed by atoms with Gasteiger partial charge in [-0.05, 0) is 83.5 Å². The van der Waals surface area contributed by atoms with Gasteiger partial charge in [-0.3, -0.25) is 4.79 Å². The molecule has 5 aromatic carbocycles. The minimum absolute atomic E-state index is 0.0490. The highest BCUT2D eigenvalue weighted by Gasteiger charge is 2.38. The van der Waals surface area contributed by atoms with Crippen LogP contribution in [0.15, 0.2) is 156 Å². The third kappa shape index (κ3) is 4.75. The molecule has 6 nitrogen and oxygen atoms in total. The van der Waals surface area contributed by atoms with E-state index >= 15 is 0 Å². The summed E-state index contributed by atoms with van der Waals surface area (Å²) in [5.41, 5.74) is 6.11. The molecular weight excluding hydrogens is 532 g/mol. The van der Waals surface area contributed by atoms with E-state index in [1.807, 2.05) is 97.1 Å². The first kappa shape index (κ1) is 25.8. The summed E-state index contributed by atoms with van der Waals surface area (Å²) in [4.78, 5) is 19.6. The normalized spacial score (nSPS) is 15.6. The van der Waals surface area contributed by atoms with E-state index in [-0.39, 0.29) is 17.3 Å². The van der Waals surface area contributed by atoms with Crippen molar-refractivity contribution in [3.63, 3.8) is 0 Å². The van der Waals surface area contributed by atoms with Crippen LogP contribution in [0.4, 0.5) is 22.7 Å². The largest absolute Gasteiger partial charge is 0.456 e. The van der Waals surface area contributed by atoms with Gasteiger partial charge in [-0.1, -0.05) is 79.4 Å². The smallest absolute Gasteiger partial charge is 0.307 e. The number of ether oxygens (including phenoxy) is 1. The van der Waals surface area contributed by atoms with Crippen LogP contribution in [0.5, 0.6) is 5.75 Å². The number of carbonyl (C=O) groups is 1. The molecule has 0 saturated heterocycles. The number of hydrogen-bond donors (Lipinski definition) is 0. The number of hydrogen-bond acceptors (Lipinski definition) is 4. The highest BCUT2D eigenvalue weighted by Crippen LogP contribution is 2.41. The SMILES string of the molecule is [C-]#[N+]C1=NN(c2ccccc2)C(=O)/C1=C1\C=C(c2ccc(N(c3ccccc3)c3ccccc3)cc2)Oc2ccccc21. The number of carbonyl (C=O) groups excluding carboxylic acids is 1. The Morgan fingerprint density at radius 3 is 1.86 bits per heavy atom. The van der Waals surface area contributed by atoms with E-state index in [0.29, 0.717) is 22.8 Å². The first-order valence-electron chi connectivity index (χ1n) is 13.8. The lowest BCUT2D eigenvalue weighted by atomic mass is 9.94. The number of hydrazone groups is 1. The quantitative estimate of drug-likeness (QED) is 0.161. The number of amides is 1. The summed E-state index contributed by atoms with van der Waals surface area (Å²) in [5.74, 6) is 0.884. The van der Waals surface area contributed by atoms with E-state index in [1.165, 1.54) is 5.01 Å². The molecule has 0 atom stereocenters. The Labute approximate surface area is 249 Å². The van der Waals surface area contributed by atoms with E-state index in [1.54, 1.807) is 12.1 Å². The molecule has 0 fully saturated rings. The Morgan fingerprint density at radius 1 is 0.674 bits per heavy atom. The van der Waals surface area contributed by atoms with Gasteiger partial charge in [0.05, 0.1) is 11.3 Å². The van der Waals surface area contributed by atoms with Crippen LogP contribution in [0.2, 0.25) is 0 Å². The maximum atomic E-state index is 13.8. The van der Waals surface area contributed by atoms with Crippen molar-refractivity contribution in [2.24, 2.45) is 5.10 Å². The minimum atomic E-state index is -0.351. The molecule has 2 aliphatic heterocycles. The molecule has 0 aromatic heterocycles. The van der Waals surface area contributed by atoms with Gasteiger partial charge in [0.25, 0.3) is 5.91 Å². The molecule has 0 N–H and O–H groups in total. The Bertz CT molecular complexity index is 1920. The lowest BCUT2D eigenvalue weighted by Crippen LogP contribution is -2.22. The van der Waals surface area contributed by atoms with E-state index < -0.39 is 0 Å². The second-order valence-electron chi connectivity index (χ2n) is 9.94. The summed E-state index contributed by atoms with van der Waals surface area (Å²) < 4.78 is 6.36. The summed E-state index contributed by atoms with van der Waals surface area (Å²) >= 11 is 0. The second kappa shape index (κ2) is 11.0. The van der Waals surface area contributed by atoms with Crippen LogP contribution in [0.25, 0.3) is 16.2 Å². The van der Waals surface area contributed by atoms with Crippen LogP contribution in [0.1, 0.15) is 11.1 Å². The Balaban J connectivity index is 1.31. The van der Waals surface area contributed by atoms with Crippen molar-refractivity contribution in [1.82, 2.24) is 0 Å². The number of amidine groups is 1. The summed E-state index contributed by atoms with van der Waals surface area (Å²) in [6, 6.07) is 45.2. The molecule has 0 saturated carbocycles. The first-order chi connectivity index (χ1) is 21.2. The zero-order valence-electron chi connectivity index (χ0n) is 23.0. The number of fused-ring (bicyclic) bond motifs is 1. The van der Waals surface area contributed by atoms with Crippen LogP contribution in [-0.4, -0.2) is 11.7 Å². The van der Waals surface area contributed by atoms with Crippen LogP contribution in [0.3, 0.4) is 0 Å². The van der Waals surface area contributed by atoms with Gasteiger partial charge >= 0.3 is 5.84 Å². The van der Waals surface area contributed by atoms with E-state index in [0.717, 1.165) is 28.2 Å². The molecule has 2 heterocycles. The van der Waals surface area contributed by atoms with Crippen molar-refractivity contribution in [2.75, 3.05) is 9.91 Å². The average Bonchev–Trinajstić information content (AvgIpc) is 3.42. The highest BCUT2D eigenvalue weighted by atomic mass is 16.5. The molecule has 0 unspecified atom stereocenters. The summed E-state index contributed by atoms with van der Waals surface area (Å²) in [5, 5.41) is 5.68. The standard InChI is InChI=1S/C37H24N4O2/c1-38-36-35(37(42)41(39-36)30-17-9-4-10-18-30)32-25-34(43-33-20-12-11-19-31(32)33)26-21-23-29(24-22-26)40(27-13-5-2-6-14-27)28-15-7-3-8-16-28/h2-25H/b35-32+. The van der Waals surface area contributed by atoms with Crippen molar-refractivity contribution < 1.29 is 9.53 Å². The van der Waals surface area contributed by atoms with Crippen molar-refractivity contribution in [3.05, 3.63) is 174 Å². The van der Waals surface area contributed by atoms with E-state index in [9.17, 15) is 4.79 Å². The molecule has 0 aliphatic carbocycles. The van der Waals surface area contributed by atoms with Crippen LogP contribution < -0.4 is 14.6 Å². The van der Waals surface area contributed by atoms with Crippen molar-refractivity contribution in [1.29, 1.82) is 0 Å². The van der Waals surface area contributed by atoms with Gasteiger partial charge < -0.3 is 14.5 Å². The number of benzene rings is 5. The predicted molar refractivity (Wildman–Crippen MR) is 171 cm³/mol. The molecule has 1 amide bonds. The fraction of sp³-hybridized carbons (Fsp3) is 0. The Morgan fingerprint density at radius 2 is 1.23 bits per heavy atom. The van der Waals surface area contributed by atoms with Crippen molar-refractivity contribution >= 4 is 45.8 Å². The van der Waals surface area contributed by atoms with Gasteiger partial charge in [0.1, 0.15) is 11.5 Å². The summed E-state index contributed by atoms with van der Waals surface area (Å²) in [6.07, 6.45) is 1.84. The van der Waals surface area contributed by atoms with Crippen molar-refractivity contribution in [2.45, 2.75) is 0 Å². The molecule has 43 heavy (non-hydrogen) atoms. The van der Waals surface area contributed by atoms with Gasteiger partial charge in [-0.25, -0.2) is 0 Å². The second-order valence-corrected chi connectivity index (χ2v) is 9.94. The molecule has 7 rings (SSSR count). The van der Waals surface area contributed by atoms with E-state index in [2.05, 4.69) is 51.2 Å². The Kier molecular flexibility index (Phi) is 6.59. The lowest BCUT2D eigenvalue weighted by molar-refractivity contribution is -0.114. The lowest BCUT2D eigenvalue weighted by Gasteiger charge is -2.26. The third-order valence-electron chi connectivity index (χ3n) is 7.31. The van der Waals surface area contributed by atoms with E-state index in [4.69, 9.17) is 11.3 Å². The zero-order valence-corrected chi connectivity index (χ0v) is 23.0. The van der Waals surface area contributed by atoms with Gasteiger partial charge in [-0.15, -0.1) is 5.01 Å². The topological polar surface area (TPSA) is 49.5 Å². The highest BCUT2D eigenvalue weighted by molar-refractivity contribution is 6.37. The number of nitrogens with zero attached hydrogens (tertiary/aromatic N) is 4. The van der Waals surface area contributed by atoms with Gasteiger partial charge in [-0.2, -0.15) is 0 Å². The summed E-state index contributed by atoms with van der Waals surface area (Å²) in [7, 11) is 0. The average molecular weight is 557 g/mol. The molecule has 204 valence electrons. The fourth-order valence-electron chi connectivity index (χ4n) is 5.31. The molecule has 6 heteroatoms. The van der Waals surface area contributed by atoms with Gasteiger partial charge in [0.15, 0.2) is 0 Å². The fourth-order valence-corrected chi connectivity index (χ4v) is 5.31. The molecule has 2 aliphatic rings. The molecule has 5 aromatic rings. The number of anilines is 4. The van der Waals surface area contributed by atoms with Gasteiger partial charge in [0.2, 0.25) is 0 Å². The van der Waals surface area contributed by atoms with Crippen LogP contribution in [-0.2, 0) is 4.79 Å². The molecule has 0 bridgehead atoms. The van der Waals surface area contributed by atoms with Crippen LogP contribution >= 0.6 is 0 Å². The number of rotatable bonds is 5. The molecule has 0 spiro atoms. The predicted octanol–water partition coefficient (Wildman–Crippen LogP) is 8.62. The molecular formula is C37H24N4O2. The summed E-state index contributed by atoms with van der Waals surface area (Å²) in [6.45, 7) is 7.82. The zero-order chi connectivity index (χ0) is 29.2. The van der Waals surface area contributed by atoms with Crippen molar-refractivity contribution in [3.8, 4) is 5.75 Å². The number of allylic oxidation sites excluding steroid dienone is 2. The maximum absolute atomic E-state index is 13.8.